The maximum Gasteiger partial charge on any atom is 0.254 e. The summed E-state index contributed by atoms with van der Waals surface area (Å²) in [6.07, 6.45) is 0. The zero-order chi connectivity index (χ0) is 17.5. The molecule has 0 spiro atoms. The second-order valence-electron chi connectivity index (χ2n) is 7.10. The van der Waals surface area contributed by atoms with Crippen LogP contribution in [0, 0.1) is 0 Å². The van der Waals surface area contributed by atoms with Gasteiger partial charge in [0.2, 0.25) is 0 Å². The summed E-state index contributed by atoms with van der Waals surface area (Å²) in [6.45, 7) is 3.28. The molecule has 0 fully saturated rings. The van der Waals surface area contributed by atoms with Gasteiger partial charge in [0.15, 0.2) is 0 Å². The van der Waals surface area contributed by atoms with Crippen molar-refractivity contribution in [2.75, 3.05) is 4.90 Å². The van der Waals surface area contributed by atoms with Gasteiger partial charge in [-0.15, -0.1) is 0 Å². The van der Waals surface area contributed by atoms with E-state index in [2.05, 4.69) is 53.4 Å². The number of nitrogens with zero attached hydrogens (tertiary/aromatic N) is 2. The molecule has 5 rings (SSSR count). The van der Waals surface area contributed by atoms with Crippen molar-refractivity contribution in [1.29, 1.82) is 0 Å². The SMILES string of the molecule is O=C(c1ccc(N2Cc3ccccc3C2)cc1)N1Cc2ccccc2C1. The molecule has 2 aliphatic heterocycles. The second kappa shape index (κ2) is 6.03. The number of anilines is 1. The van der Waals surface area contributed by atoms with E-state index in [1.165, 1.54) is 27.9 Å². The van der Waals surface area contributed by atoms with Crippen molar-refractivity contribution < 1.29 is 4.79 Å². The number of benzene rings is 3. The van der Waals surface area contributed by atoms with E-state index in [1.54, 1.807) is 0 Å². The van der Waals surface area contributed by atoms with Gasteiger partial charge in [-0.3, -0.25) is 4.79 Å². The third-order valence-corrected chi connectivity index (χ3v) is 5.45. The number of hydrogen-bond acceptors (Lipinski definition) is 2. The van der Waals surface area contributed by atoms with E-state index < -0.39 is 0 Å². The minimum Gasteiger partial charge on any atom is -0.363 e. The number of amides is 1. The Morgan fingerprint density at radius 1 is 0.615 bits per heavy atom. The summed E-state index contributed by atoms with van der Waals surface area (Å²) in [6, 6.07) is 24.9. The summed E-state index contributed by atoms with van der Waals surface area (Å²) < 4.78 is 0. The Labute approximate surface area is 153 Å². The summed E-state index contributed by atoms with van der Waals surface area (Å²) in [4.78, 5) is 17.1. The quantitative estimate of drug-likeness (QED) is 0.692. The average molecular weight is 340 g/mol. The van der Waals surface area contributed by atoms with Gasteiger partial charge < -0.3 is 9.80 Å². The third-order valence-electron chi connectivity index (χ3n) is 5.45. The van der Waals surface area contributed by atoms with Crippen molar-refractivity contribution in [2.45, 2.75) is 26.2 Å². The van der Waals surface area contributed by atoms with Gasteiger partial charge in [-0.25, -0.2) is 0 Å². The van der Waals surface area contributed by atoms with E-state index >= 15 is 0 Å². The predicted octanol–water partition coefficient (Wildman–Crippen LogP) is 4.36. The van der Waals surface area contributed by atoms with Crippen LogP contribution in [-0.2, 0) is 26.2 Å². The molecule has 3 heteroatoms. The second-order valence-corrected chi connectivity index (χ2v) is 7.10. The lowest BCUT2D eigenvalue weighted by molar-refractivity contribution is 0.0751. The summed E-state index contributed by atoms with van der Waals surface area (Å²) in [7, 11) is 0. The number of carbonyl (C=O) groups excluding carboxylic acids is 1. The topological polar surface area (TPSA) is 23.6 Å². The first-order chi connectivity index (χ1) is 12.8. The molecule has 3 aromatic carbocycles. The summed E-state index contributed by atoms with van der Waals surface area (Å²) >= 11 is 0. The molecule has 1 amide bonds. The maximum atomic E-state index is 12.8. The molecule has 0 N–H and O–H groups in total. The van der Waals surface area contributed by atoms with Gasteiger partial charge in [-0.1, -0.05) is 48.5 Å². The molecule has 2 aliphatic rings. The lowest BCUT2D eigenvalue weighted by Gasteiger charge is -2.19. The van der Waals surface area contributed by atoms with Gasteiger partial charge in [0.05, 0.1) is 0 Å². The van der Waals surface area contributed by atoms with E-state index in [0.717, 1.165) is 18.7 Å². The Bertz CT molecular complexity index is 928. The van der Waals surface area contributed by atoms with Gasteiger partial charge in [-0.05, 0) is 46.5 Å². The Morgan fingerprint density at radius 3 is 1.58 bits per heavy atom. The van der Waals surface area contributed by atoms with E-state index in [-0.39, 0.29) is 5.91 Å². The molecule has 0 radical (unpaired) electrons. The fraction of sp³-hybridized carbons (Fsp3) is 0.174. The highest BCUT2D eigenvalue weighted by Gasteiger charge is 2.24. The van der Waals surface area contributed by atoms with Crippen LogP contribution in [0.1, 0.15) is 32.6 Å². The highest BCUT2D eigenvalue weighted by molar-refractivity contribution is 5.94. The molecule has 2 heterocycles. The molecule has 128 valence electrons. The van der Waals surface area contributed by atoms with Crippen LogP contribution < -0.4 is 4.90 Å². The highest BCUT2D eigenvalue weighted by Crippen LogP contribution is 2.29. The summed E-state index contributed by atoms with van der Waals surface area (Å²) in [5.41, 5.74) is 7.23. The third kappa shape index (κ3) is 2.57. The number of carbonyl (C=O) groups is 1. The van der Waals surface area contributed by atoms with Crippen molar-refractivity contribution in [3.63, 3.8) is 0 Å². The van der Waals surface area contributed by atoms with Gasteiger partial charge in [0.1, 0.15) is 0 Å². The molecular weight excluding hydrogens is 320 g/mol. The molecule has 3 aromatic rings. The molecule has 26 heavy (non-hydrogen) atoms. The van der Waals surface area contributed by atoms with E-state index in [0.29, 0.717) is 13.1 Å². The van der Waals surface area contributed by atoms with Crippen LogP contribution in [0.4, 0.5) is 5.69 Å². The number of fused-ring (bicyclic) bond motifs is 2. The van der Waals surface area contributed by atoms with Gasteiger partial charge in [0, 0.05) is 37.4 Å². The van der Waals surface area contributed by atoms with Crippen LogP contribution in [0.5, 0.6) is 0 Å². The fourth-order valence-electron chi connectivity index (χ4n) is 3.99. The molecule has 0 aromatic heterocycles. The number of rotatable bonds is 2. The molecule has 0 unspecified atom stereocenters. The number of hydrogen-bond donors (Lipinski definition) is 0. The molecule has 3 nitrogen and oxygen atoms in total. The largest absolute Gasteiger partial charge is 0.363 e. The first kappa shape index (κ1) is 15.2. The summed E-state index contributed by atoms with van der Waals surface area (Å²) in [5, 5.41) is 0. The summed E-state index contributed by atoms with van der Waals surface area (Å²) in [5.74, 6) is 0.109. The Hall–Kier alpha value is -3.07. The molecule has 0 atom stereocenters. The van der Waals surface area contributed by atoms with Crippen LogP contribution in [-0.4, -0.2) is 10.8 Å². The molecule has 0 bridgehead atoms. The molecule has 0 saturated heterocycles. The van der Waals surface area contributed by atoms with Gasteiger partial charge in [0.25, 0.3) is 5.91 Å². The van der Waals surface area contributed by atoms with Crippen molar-refractivity contribution in [1.82, 2.24) is 4.90 Å². The molecular formula is C23H20N2O. The Kier molecular flexibility index (Phi) is 3.52. The Balaban J connectivity index is 1.31. The lowest BCUT2D eigenvalue weighted by atomic mass is 10.1. The molecule has 0 saturated carbocycles. The van der Waals surface area contributed by atoms with Gasteiger partial charge >= 0.3 is 0 Å². The zero-order valence-electron chi connectivity index (χ0n) is 14.6. The van der Waals surface area contributed by atoms with Crippen LogP contribution in [0.2, 0.25) is 0 Å². The monoisotopic (exact) mass is 340 g/mol. The minimum atomic E-state index is 0.109. The van der Waals surface area contributed by atoms with Crippen molar-refractivity contribution in [3.8, 4) is 0 Å². The molecule has 0 aliphatic carbocycles. The first-order valence-electron chi connectivity index (χ1n) is 9.06. The van der Waals surface area contributed by atoms with Crippen molar-refractivity contribution in [2.24, 2.45) is 0 Å². The van der Waals surface area contributed by atoms with Crippen LogP contribution in [0.3, 0.4) is 0 Å². The fourth-order valence-corrected chi connectivity index (χ4v) is 3.99. The first-order valence-corrected chi connectivity index (χ1v) is 9.06. The highest BCUT2D eigenvalue weighted by atomic mass is 16.2. The van der Waals surface area contributed by atoms with E-state index in [1.807, 2.05) is 29.2 Å². The van der Waals surface area contributed by atoms with Gasteiger partial charge in [-0.2, -0.15) is 0 Å². The predicted molar refractivity (Wildman–Crippen MR) is 103 cm³/mol. The zero-order valence-corrected chi connectivity index (χ0v) is 14.6. The maximum absolute atomic E-state index is 12.8. The normalized spacial score (nSPS) is 15.1. The standard InChI is InChI=1S/C23H20N2O/c26-23(25-15-20-7-3-4-8-21(20)16-25)17-9-11-22(12-10-17)24-13-18-5-1-2-6-19(18)14-24/h1-12H,13-16H2. The average Bonchev–Trinajstić information content (AvgIpc) is 3.31. The van der Waals surface area contributed by atoms with Crippen LogP contribution in [0.25, 0.3) is 0 Å². The van der Waals surface area contributed by atoms with Crippen molar-refractivity contribution in [3.05, 3.63) is 101 Å². The Morgan fingerprint density at radius 2 is 1.08 bits per heavy atom. The minimum absolute atomic E-state index is 0.109. The van der Waals surface area contributed by atoms with E-state index in [4.69, 9.17) is 0 Å². The van der Waals surface area contributed by atoms with Crippen LogP contribution >= 0.6 is 0 Å². The van der Waals surface area contributed by atoms with Crippen LogP contribution in [0.15, 0.2) is 72.8 Å². The van der Waals surface area contributed by atoms with E-state index in [9.17, 15) is 4.79 Å². The smallest absolute Gasteiger partial charge is 0.254 e. The lowest BCUT2D eigenvalue weighted by Crippen LogP contribution is -2.25. The van der Waals surface area contributed by atoms with Crippen molar-refractivity contribution >= 4 is 11.6 Å².